The largest absolute Gasteiger partial charge is 0.466 e. The third kappa shape index (κ3) is 5.85. The fourth-order valence-electron chi connectivity index (χ4n) is 2.92. The number of carbonyl (C=O) groups excluding carboxylic acids is 2. The first kappa shape index (κ1) is 21.4. The van der Waals surface area contributed by atoms with Crippen molar-refractivity contribution in [1.82, 2.24) is 0 Å². The van der Waals surface area contributed by atoms with Gasteiger partial charge >= 0.3 is 11.9 Å². The van der Waals surface area contributed by atoms with E-state index in [2.05, 4.69) is 13.0 Å². The maximum atomic E-state index is 12.6. The van der Waals surface area contributed by atoms with Crippen LogP contribution in [0.2, 0.25) is 0 Å². The SMILES string of the molecule is CCCCCCC(C#N)(C(=O)OCC)C(C(=O)OCC)C(C)C. The van der Waals surface area contributed by atoms with Gasteiger partial charge in [0.15, 0.2) is 5.41 Å². The van der Waals surface area contributed by atoms with Crippen molar-refractivity contribution in [2.75, 3.05) is 13.2 Å². The average molecular weight is 325 g/mol. The lowest BCUT2D eigenvalue weighted by atomic mass is 9.68. The molecule has 0 rings (SSSR count). The predicted octanol–water partition coefficient (Wildman–Crippen LogP) is 3.87. The third-order valence-corrected chi connectivity index (χ3v) is 4.00. The molecule has 132 valence electrons. The van der Waals surface area contributed by atoms with Crippen LogP contribution < -0.4 is 0 Å². The van der Waals surface area contributed by atoms with Crippen molar-refractivity contribution in [3.8, 4) is 6.07 Å². The van der Waals surface area contributed by atoms with E-state index in [1.807, 2.05) is 13.8 Å². The van der Waals surface area contributed by atoms with Crippen LogP contribution in [-0.4, -0.2) is 25.2 Å². The maximum Gasteiger partial charge on any atom is 0.327 e. The average Bonchev–Trinajstić information content (AvgIpc) is 2.50. The summed E-state index contributed by atoms with van der Waals surface area (Å²) in [5.74, 6) is -2.10. The van der Waals surface area contributed by atoms with Crippen LogP contribution in [-0.2, 0) is 19.1 Å². The number of nitrogens with zero attached hydrogens (tertiary/aromatic N) is 1. The smallest absolute Gasteiger partial charge is 0.327 e. The highest BCUT2D eigenvalue weighted by Crippen LogP contribution is 2.40. The summed E-state index contributed by atoms with van der Waals surface area (Å²) in [5.41, 5.74) is -1.47. The molecule has 0 heterocycles. The lowest BCUT2D eigenvalue weighted by Crippen LogP contribution is -2.46. The Morgan fingerprint density at radius 1 is 1.04 bits per heavy atom. The molecule has 0 saturated heterocycles. The molecule has 0 aromatic heterocycles. The van der Waals surface area contributed by atoms with Gasteiger partial charge in [-0.1, -0.05) is 46.5 Å². The molecule has 0 radical (unpaired) electrons. The lowest BCUT2D eigenvalue weighted by Gasteiger charge is -2.33. The molecule has 0 amide bonds. The first-order chi connectivity index (χ1) is 10.9. The fraction of sp³-hybridized carbons (Fsp3) is 0.833. The van der Waals surface area contributed by atoms with Crippen molar-refractivity contribution in [2.24, 2.45) is 17.3 Å². The number of hydrogen-bond donors (Lipinski definition) is 0. The Labute approximate surface area is 140 Å². The molecule has 0 saturated carbocycles. The molecule has 0 spiro atoms. The van der Waals surface area contributed by atoms with Gasteiger partial charge in [0, 0.05) is 0 Å². The second-order valence-corrected chi connectivity index (χ2v) is 6.09. The minimum absolute atomic E-state index is 0.185. The van der Waals surface area contributed by atoms with E-state index < -0.39 is 23.3 Å². The number of rotatable bonds is 11. The van der Waals surface area contributed by atoms with Crippen molar-refractivity contribution in [3.63, 3.8) is 0 Å². The fourth-order valence-corrected chi connectivity index (χ4v) is 2.92. The second-order valence-electron chi connectivity index (χ2n) is 6.09. The van der Waals surface area contributed by atoms with Crippen LogP contribution in [0, 0.1) is 28.6 Å². The molecule has 0 N–H and O–H groups in total. The zero-order valence-electron chi connectivity index (χ0n) is 15.2. The molecular weight excluding hydrogens is 294 g/mol. The first-order valence-corrected chi connectivity index (χ1v) is 8.66. The number of nitriles is 1. The second kappa shape index (κ2) is 11.0. The Hall–Kier alpha value is -1.57. The van der Waals surface area contributed by atoms with Gasteiger partial charge in [-0.05, 0) is 26.2 Å². The summed E-state index contributed by atoms with van der Waals surface area (Å²) in [6.45, 7) is 9.59. The highest BCUT2D eigenvalue weighted by molar-refractivity contribution is 5.88. The number of carbonyl (C=O) groups is 2. The summed E-state index contributed by atoms with van der Waals surface area (Å²) in [6.07, 6.45) is 4.06. The zero-order chi connectivity index (χ0) is 17.9. The number of ether oxygens (including phenoxy) is 2. The Morgan fingerprint density at radius 2 is 1.65 bits per heavy atom. The number of esters is 2. The zero-order valence-corrected chi connectivity index (χ0v) is 15.2. The van der Waals surface area contributed by atoms with Crippen molar-refractivity contribution < 1.29 is 19.1 Å². The Bertz CT molecular complexity index is 414. The summed E-state index contributed by atoms with van der Waals surface area (Å²) in [7, 11) is 0. The van der Waals surface area contributed by atoms with Crippen LogP contribution in [0.1, 0.15) is 66.7 Å². The van der Waals surface area contributed by atoms with E-state index in [1.165, 1.54) is 0 Å². The number of hydrogen-bond acceptors (Lipinski definition) is 5. The minimum atomic E-state index is -1.47. The van der Waals surface area contributed by atoms with Crippen LogP contribution in [0.5, 0.6) is 0 Å². The van der Waals surface area contributed by atoms with Crippen molar-refractivity contribution in [3.05, 3.63) is 0 Å². The molecule has 2 atom stereocenters. The van der Waals surface area contributed by atoms with Gasteiger partial charge in [-0.3, -0.25) is 9.59 Å². The van der Waals surface area contributed by atoms with E-state index in [1.54, 1.807) is 13.8 Å². The molecule has 0 aliphatic carbocycles. The van der Waals surface area contributed by atoms with Crippen LogP contribution in [0.3, 0.4) is 0 Å². The van der Waals surface area contributed by atoms with Crippen LogP contribution in [0.15, 0.2) is 0 Å². The van der Waals surface area contributed by atoms with Crippen molar-refractivity contribution >= 4 is 11.9 Å². The van der Waals surface area contributed by atoms with Crippen molar-refractivity contribution in [1.29, 1.82) is 5.26 Å². The summed E-state index contributed by atoms with van der Waals surface area (Å²) in [5, 5.41) is 9.81. The van der Waals surface area contributed by atoms with Gasteiger partial charge in [0.1, 0.15) is 0 Å². The van der Waals surface area contributed by atoms with E-state index in [0.717, 1.165) is 19.3 Å². The lowest BCUT2D eigenvalue weighted by molar-refractivity contribution is -0.168. The van der Waals surface area contributed by atoms with Crippen LogP contribution >= 0.6 is 0 Å². The van der Waals surface area contributed by atoms with E-state index in [-0.39, 0.29) is 19.1 Å². The Balaban J connectivity index is 5.60. The molecule has 5 nitrogen and oxygen atoms in total. The summed E-state index contributed by atoms with van der Waals surface area (Å²) in [6, 6.07) is 2.12. The molecule has 0 bridgehead atoms. The van der Waals surface area contributed by atoms with Crippen molar-refractivity contribution in [2.45, 2.75) is 66.7 Å². The maximum absolute atomic E-state index is 12.6. The van der Waals surface area contributed by atoms with E-state index in [9.17, 15) is 14.9 Å². The topological polar surface area (TPSA) is 76.4 Å². The van der Waals surface area contributed by atoms with Gasteiger partial charge in [-0.2, -0.15) is 5.26 Å². The standard InChI is InChI=1S/C18H31NO4/c1-6-9-10-11-12-18(13-19,17(21)23-8-3)15(14(4)5)16(20)22-7-2/h14-15H,6-12H2,1-5H3. The molecular formula is C18H31NO4. The molecule has 0 aliphatic rings. The van der Waals surface area contributed by atoms with Crippen LogP contribution in [0.4, 0.5) is 0 Å². The van der Waals surface area contributed by atoms with Gasteiger partial charge in [-0.25, -0.2) is 0 Å². The monoisotopic (exact) mass is 325 g/mol. The van der Waals surface area contributed by atoms with Crippen LogP contribution in [0.25, 0.3) is 0 Å². The van der Waals surface area contributed by atoms with Gasteiger partial charge in [0.2, 0.25) is 0 Å². The number of unbranched alkanes of at least 4 members (excludes halogenated alkanes) is 3. The van der Waals surface area contributed by atoms with E-state index in [0.29, 0.717) is 12.8 Å². The summed E-state index contributed by atoms with van der Waals surface area (Å²) < 4.78 is 10.3. The molecule has 23 heavy (non-hydrogen) atoms. The highest BCUT2D eigenvalue weighted by atomic mass is 16.5. The van der Waals surface area contributed by atoms with E-state index >= 15 is 0 Å². The van der Waals surface area contributed by atoms with Gasteiger partial charge in [0.05, 0.1) is 25.2 Å². The van der Waals surface area contributed by atoms with Gasteiger partial charge in [0.25, 0.3) is 0 Å². The molecule has 0 fully saturated rings. The first-order valence-electron chi connectivity index (χ1n) is 8.66. The third-order valence-electron chi connectivity index (χ3n) is 4.00. The van der Waals surface area contributed by atoms with E-state index in [4.69, 9.17) is 9.47 Å². The summed E-state index contributed by atoms with van der Waals surface area (Å²) >= 11 is 0. The highest BCUT2D eigenvalue weighted by Gasteiger charge is 2.52. The Morgan fingerprint density at radius 3 is 2.09 bits per heavy atom. The molecule has 0 aromatic carbocycles. The molecule has 0 aliphatic heterocycles. The quantitative estimate of drug-likeness (QED) is 0.426. The summed E-state index contributed by atoms with van der Waals surface area (Å²) in [4.78, 5) is 25.0. The van der Waals surface area contributed by atoms with Gasteiger partial charge in [-0.15, -0.1) is 0 Å². The minimum Gasteiger partial charge on any atom is -0.466 e. The molecule has 5 heteroatoms. The molecule has 0 aromatic rings. The molecule has 2 unspecified atom stereocenters. The van der Waals surface area contributed by atoms with Gasteiger partial charge < -0.3 is 9.47 Å². The predicted molar refractivity (Wildman–Crippen MR) is 88.4 cm³/mol. The Kier molecular flexibility index (Phi) is 10.3. The normalized spacial score (nSPS) is 14.7.